The number of aromatic nitrogens is 1. The van der Waals surface area contributed by atoms with Gasteiger partial charge in [0.2, 0.25) is 0 Å². The van der Waals surface area contributed by atoms with E-state index in [1.54, 1.807) is 31.6 Å². The van der Waals surface area contributed by atoms with Crippen molar-refractivity contribution in [2.75, 3.05) is 26.8 Å². The maximum absolute atomic E-state index is 10.1. The lowest BCUT2D eigenvalue weighted by molar-refractivity contribution is 0.178. The molecule has 0 saturated heterocycles. The molecule has 0 fully saturated rings. The first-order valence-electron chi connectivity index (χ1n) is 6.79. The van der Waals surface area contributed by atoms with Crippen LogP contribution >= 0.6 is 0 Å². The average molecular weight is 280 g/mol. The van der Waals surface area contributed by atoms with E-state index in [4.69, 9.17) is 4.74 Å². The van der Waals surface area contributed by atoms with Gasteiger partial charge in [0.25, 0.3) is 0 Å². The van der Waals surface area contributed by atoms with E-state index in [-0.39, 0.29) is 6.04 Å². The molecule has 6 heteroatoms. The number of pyridine rings is 1. The molecule has 0 aliphatic rings. The van der Waals surface area contributed by atoms with Crippen molar-refractivity contribution in [2.24, 2.45) is 4.99 Å². The number of methoxy groups -OCH3 is 1. The fourth-order valence-corrected chi connectivity index (χ4v) is 1.71. The van der Waals surface area contributed by atoms with Gasteiger partial charge < -0.3 is 20.5 Å². The van der Waals surface area contributed by atoms with Crippen LogP contribution < -0.4 is 10.6 Å². The van der Waals surface area contributed by atoms with Crippen LogP contribution in [0, 0.1) is 0 Å². The Kier molecular flexibility index (Phi) is 7.60. The van der Waals surface area contributed by atoms with E-state index in [1.807, 2.05) is 13.8 Å². The van der Waals surface area contributed by atoms with Gasteiger partial charge in [0.15, 0.2) is 5.96 Å². The van der Waals surface area contributed by atoms with Gasteiger partial charge in [-0.1, -0.05) is 0 Å². The van der Waals surface area contributed by atoms with Crippen molar-refractivity contribution >= 4 is 5.96 Å². The highest BCUT2D eigenvalue weighted by Crippen LogP contribution is 2.10. The van der Waals surface area contributed by atoms with Crippen molar-refractivity contribution in [3.05, 3.63) is 30.1 Å². The second kappa shape index (κ2) is 9.28. The Morgan fingerprint density at radius 2 is 2.15 bits per heavy atom. The van der Waals surface area contributed by atoms with Gasteiger partial charge in [-0.05, 0) is 31.5 Å². The lowest BCUT2D eigenvalue weighted by Gasteiger charge is -2.17. The molecule has 0 saturated carbocycles. The third kappa shape index (κ3) is 5.99. The van der Waals surface area contributed by atoms with Crippen molar-refractivity contribution < 1.29 is 9.84 Å². The standard InChI is InChI=1S/C14H24N4O2/c1-4-16-14(18-11(2)10-20-3)17-9-13(19)12-5-7-15-8-6-12/h5-8,11,13,19H,4,9-10H2,1-3H3,(H2,16,17,18). The number of ether oxygens (including phenoxy) is 1. The summed E-state index contributed by atoms with van der Waals surface area (Å²) in [6, 6.07) is 3.72. The van der Waals surface area contributed by atoms with E-state index < -0.39 is 6.10 Å². The quantitative estimate of drug-likeness (QED) is 0.506. The maximum Gasteiger partial charge on any atom is 0.191 e. The number of aliphatic hydroxyl groups excluding tert-OH is 1. The molecule has 0 aliphatic carbocycles. The zero-order valence-corrected chi connectivity index (χ0v) is 12.3. The van der Waals surface area contributed by atoms with Gasteiger partial charge in [0, 0.05) is 32.1 Å². The van der Waals surface area contributed by atoms with Crippen molar-refractivity contribution in [3.63, 3.8) is 0 Å². The molecular weight excluding hydrogens is 256 g/mol. The lowest BCUT2D eigenvalue weighted by Crippen LogP contribution is -2.44. The van der Waals surface area contributed by atoms with E-state index >= 15 is 0 Å². The van der Waals surface area contributed by atoms with E-state index in [0.29, 0.717) is 19.1 Å². The molecule has 0 aromatic carbocycles. The third-order valence-corrected chi connectivity index (χ3v) is 2.66. The second-order valence-corrected chi connectivity index (χ2v) is 4.52. The SMILES string of the molecule is CCNC(=NCC(O)c1ccncc1)NC(C)COC. The first kappa shape index (κ1) is 16.4. The number of nitrogens with one attached hydrogen (secondary N) is 2. The fourth-order valence-electron chi connectivity index (χ4n) is 1.71. The minimum atomic E-state index is -0.633. The van der Waals surface area contributed by atoms with Crippen LogP contribution in [0.2, 0.25) is 0 Å². The zero-order chi connectivity index (χ0) is 14.8. The number of hydrogen-bond acceptors (Lipinski definition) is 4. The second-order valence-electron chi connectivity index (χ2n) is 4.52. The Balaban J connectivity index is 2.57. The predicted octanol–water partition coefficient (Wildman–Crippen LogP) is 0.705. The molecule has 2 atom stereocenters. The molecule has 6 nitrogen and oxygen atoms in total. The Bertz CT molecular complexity index is 397. The molecule has 2 unspecified atom stereocenters. The Morgan fingerprint density at radius 1 is 1.45 bits per heavy atom. The fraction of sp³-hybridized carbons (Fsp3) is 0.571. The third-order valence-electron chi connectivity index (χ3n) is 2.66. The molecule has 0 aliphatic heterocycles. The van der Waals surface area contributed by atoms with Crippen LogP contribution in [0.1, 0.15) is 25.5 Å². The minimum Gasteiger partial charge on any atom is -0.386 e. The number of aliphatic hydroxyl groups is 1. The van der Waals surface area contributed by atoms with Crippen molar-refractivity contribution in [1.29, 1.82) is 0 Å². The minimum absolute atomic E-state index is 0.149. The molecule has 20 heavy (non-hydrogen) atoms. The average Bonchev–Trinajstić information content (AvgIpc) is 2.46. The van der Waals surface area contributed by atoms with Crippen LogP contribution in [0.5, 0.6) is 0 Å². The summed E-state index contributed by atoms with van der Waals surface area (Å²) in [6.07, 6.45) is 2.69. The van der Waals surface area contributed by atoms with Gasteiger partial charge in [-0.15, -0.1) is 0 Å². The van der Waals surface area contributed by atoms with Crippen LogP contribution in [0.25, 0.3) is 0 Å². The van der Waals surface area contributed by atoms with E-state index in [2.05, 4.69) is 20.6 Å². The summed E-state index contributed by atoms with van der Waals surface area (Å²) in [7, 11) is 1.66. The van der Waals surface area contributed by atoms with Gasteiger partial charge in [-0.2, -0.15) is 0 Å². The molecule has 0 amide bonds. The molecule has 1 aromatic heterocycles. The topological polar surface area (TPSA) is 78.8 Å². The summed E-state index contributed by atoms with van der Waals surface area (Å²) < 4.78 is 5.08. The molecule has 1 heterocycles. The van der Waals surface area contributed by atoms with E-state index in [9.17, 15) is 5.11 Å². The highest BCUT2D eigenvalue weighted by atomic mass is 16.5. The Morgan fingerprint density at radius 3 is 2.75 bits per heavy atom. The van der Waals surface area contributed by atoms with Crippen LogP contribution in [0.15, 0.2) is 29.5 Å². The number of hydrogen-bond donors (Lipinski definition) is 3. The summed E-state index contributed by atoms with van der Waals surface area (Å²) in [5.41, 5.74) is 0.810. The smallest absolute Gasteiger partial charge is 0.191 e. The molecule has 112 valence electrons. The van der Waals surface area contributed by atoms with Gasteiger partial charge in [-0.25, -0.2) is 0 Å². The summed E-state index contributed by atoms with van der Waals surface area (Å²) in [4.78, 5) is 8.31. The molecule has 3 N–H and O–H groups in total. The molecule has 0 spiro atoms. The van der Waals surface area contributed by atoms with E-state index in [1.165, 1.54) is 0 Å². The number of nitrogens with zero attached hydrogens (tertiary/aromatic N) is 2. The van der Waals surface area contributed by atoms with Crippen molar-refractivity contribution in [1.82, 2.24) is 15.6 Å². The normalized spacial score (nSPS) is 14.7. The highest BCUT2D eigenvalue weighted by Gasteiger charge is 2.08. The molecule has 0 bridgehead atoms. The zero-order valence-electron chi connectivity index (χ0n) is 12.3. The first-order valence-corrected chi connectivity index (χ1v) is 6.79. The van der Waals surface area contributed by atoms with Crippen LogP contribution in [-0.4, -0.2) is 48.9 Å². The summed E-state index contributed by atoms with van der Waals surface area (Å²) in [5.74, 6) is 0.671. The molecule has 1 rings (SSSR count). The van der Waals surface area contributed by atoms with Gasteiger partial charge in [-0.3, -0.25) is 9.98 Å². The van der Waals surface area contributed by atoms with Crippen LogP contribution in [0.3, 0.4) is 0 Å². The summed E-state index contributed by atoms with van der Waals surface area (Å²) in [6.45, 7) is 5.65. The van der Waals surface area contributed by atoms with E-state index in [0.717, 1.165) is 12.1 Å². The first-order chi connectivity index (χ1) is 9.67. The highest BCUT2D eigenvalue weighted by molar-refractivity contribution is 5.80. The monoisotopic (exact) mass is 280 g/mol. The van der Waals surface area contributed by atoms with Crippen LogP contribution in [0.4, 0.5) is 0 Å². The van der Waals surface area contributed by atoms with Crippen LogP contribution in [-0.2, 0) is 4.74 Å². The summed E-state index contributed by atoms with van der Waals surface area (Å²) in [5, 5.41) is 16.4. The Labute approximate surface area is 120 Å². The Hall–Kier alpha value is -1.66. The molecular formula is C14H24N4O2. The molecule has 1 aromatic rings. The predicted molar refractivity (Wildman–Crippen MR) is 79.6 cm³/mol. The summed E-state index contributed by atoms with van der Waals surface area (Å²) >= 11 is 0. The van der Waals surface area contributed by atoms with Crippen molar-refractivity contribution in [2.45, 2.75) is 26.0 Å². The van der Waals surface area contributed by atoms with Gasteiger partial charge in [0.1, 0.15) is 0 Å². The number of rotatable bonds is 7. The lowest BCUT2D eigenvalue weighted by atomic mass is 10.1. The molecule has 0 radical (unpaired) electrons. The largest absolute Gasteiger partial charge is 0.386 e. The number of guanidine groups is 1. The van der Waals surface area contributed by atoms with Gasteiger partial charge in [0.05, 0.1) is 19.3 Å². The van der Waals surface area contributed by atoms with Crippen molar-refractivity contribution in [3.8, 4) is 0 Å². The maximum atomic E-state index is 10.1. The number of aliphatic imine (C=N–C) groups is 1. The van der Waals surface area contributed by atoms with Gasteiger partial charge >= 0.3 is 0 Å².